The van der Waals surface area contributed by atoms with Gasteiger partial charge in [0.15, 0.2) is 0 Å². The Morgan fingerprint density at radius 1 is 1.25 bits per heavy atom. The summed E-state index contributed by atoms with van der Waals surface area (Å²) in [6.45, 7) is 5.22. The first-order chi connectivity index (χ1) is 11.7. The van der Waals surface area contributed by atoms with Gasteiger partial charge in [0, 0.05) is 41.0 Å². The minimum atomic E-state index is -0.211. The molecule has 2 atom stereocenters. The predicted molar refractivity (Wildman–Crippen MR) is 101 cm³/mol. The average molecular weight is 341 g/mol. The van der Waals surface area contributed by atoms with Crippen LogP contribution in [-0.2, 0) is 4.79 Å². The zero-order chi connectivity index (χ0) is 16.9. The van der Waals surface area contributed by atoms with Gasteiger partial charge >= 0.3 is 0 Å². The summed E-state index contributed by atoms with van der Waals surface area (Å²) in [7, 11) is 0. The standard InChI is InChI=1S/C19H23N3OS/c1-3-20-19(23)13(2)21-12-16(18-9-6-10-24-18)15-11-22-17-8-5-4-7-14(15)17/h4-11,13,16,21-22H,3,12H2,1-2H3,(H,20,23)/t13-,16-/m1/s1. The third kappa shape index (κ3) is 3.52. The van der Waals surface area contributed by atoms with Gasteiger partial charge in [-0.2, -0.15) is 0 Å². The fraction of sp³-hybridized carbons (Fsp3) is 0.316. The maximum Gasteiger partial charge on any atom is 0.236 e. The number of carbonyl (C=O) groups excluding carboxylic acids is 1. The van der Waals surface area contributed by atoms with E-state index in [-0.39, 0.29) is 17.9 Å². The molecule has 0 bridgehead atoms. The quantitative estimate of drug-likeness (QED) is 0.616. The molecule has 126 valence electrons. The van der Waals surface area contributed by atoms with Crippen molar-refractivity contribution in [1.29, 1.82) is 0 Å². The third-order valence-corrected chi connectivity index (χ3v) is 5.24. The molecule has 0 aliphatic carbocycles. The van der Waals surface area contributed by atoms with Crippen molar-refractivity contribution in [3.8, 4) is 0 Å². The smallest absolute Gasteiger partial charge is 0.236 e. The first-order valence-corrected chi connectivity index (χ1v) is 9.19. The molecule has 2 heterocycles. The topological polar surface area (TPSA) is 56.9 Å². The molecule has 0 aliphatic rings. The maximum atomic E-state index is 12.0. The van der Waals surface area contributed by atoms with E-state index in [4.69, 9.17) is 0 Å². The number of benzene rings is 1. The van der Waals surface area contributed by atoms with Crippen LogP contribution in [0.1, 0.15) is 30.2 Å². The summed E-state index contributed by atoms with van der Waals surface area (Å²) in [4.78, 5) is 16.6. The Kier molecular flexibility index (Phi) is 5.33. The molecule has 2 aromatic heterocycles. The number of H-pyrrole nitrogens is 1. The maximum absolute atomic E-state index is 12.0. The van der Waals surface area contributed by atoms with Gasteiger partial charge in [-0.15, -0.1) is 11.3 Å². The molecule has 1 aromatic carbocycles. The summed E-state index contributed by atoms with van der Waals surface area (Å²) in [5.41, 5.74) is 2.41. The van der Waals surface area contributed by atoms with E-state index in [2.05, 4.69) is 57.5 Å². The van der Waals surface area contributed by atoms with E-state index in [1.807, 2.05) is 19.9 Å². The minimum Gasteiger partial charge on any atom is -0.361 e. The molecule has 1 amide bonds. The Morgan fingerprint density at radius 2 is 2.08 bits per heavy atom. The van der Waals surface area contributed by atoms with Gasteiger partial charge in [0.2, 0.25) is 5.91 Å². The Bertz CT molecular complexity index is 794. The highest BCUT2D eigenvalue weighted by Gasteiger charge is 2.21. The molecule has 0 spiro atoms. The number of hydrogen-bond donors (Lipinski definition) is 3. The zero-order valence-electron chi connectivity index (χ0n) is 14.0. The SMILES string of the molecule is CCNC(=O)[C@@H](C)NC[C@@H](c1cccs1)c1c[nH]c2ccccc12. The van der Waals surface area contributed by atoms with Crippen molar-refractivity contribution in [2.75, 3.05) is 13.1 Å². The van der Waals surface area contributed by atoms with E-state index < -0.39 is 0 Å². The van der Waals surface area contributed by atoms with Gasteiger partial charge in [0.25, 0.3) is 0 Å². The second kappa shape index (κ2) is 7.64. The molecule has 0 fully saturated rings. The van der Waals surface area contributed by atoms with E-state index in [1.54, 1.807) is 11.3 Å². The van der Waals surface area contributed by atoms with Gasteiger partial charge in [0.05, 0.1) is 6.04 Å². The average Bonchev–Trinajstić information content (AvgIpc) is 3.25. The largest absolute Gasteiger partial charge is 0.361 e. The van der Waals surface area contributed by atoms with Crippen LogP contribution < -0.4 is 10.6 Å². The molecular weight excluding hydrogens is 318 g/mol. The highest BCUT2D eigenvalue weighted by Crippen LogP contribution is 2.32. The van der Waals surface area contributed by atoms with E-state index in [0.29, 0.717) is 6.54 Å². The highest BCUT2D eigenvalue weighted by atomic mass is 32.1. The van der Waals surface area contributed by atoms with Crippen molar-refractivity contribution >= 4 is 28.1 Å². The summed E-state index contributed by atoms with van der Waals surface area (Å²) < 4.78 is 0. The normalized spacial score (nSPS) is 13.8. The predicted octanol–water partition coefficient (Wildman–Crippen LogP) is 3.48. The highest BCUT2D eigenvalue weighted by molar-refractivity contribution is 7.10. The summed E-state index contributed by atoms with van der Waals surface area (Å²) in [6.07, 6.45) is 2.09. The number of amides is 1. The number of fused-ring (bicyclic) bond motifs is 1. The third-order valence-electron chi connectivity index (χ3n) is 4.26. The fourth-order valence-electron chi connectivity index (χ4n) is 2.95. The number of nitrogens with one attached hydrogen (secondary N) is 3. The number of carbonyl (C=O) groups is 1. The second-order valence-corrected chi connectivity index (χ2v) is 6.86. The number of likely N-dealkylation sites (N-methyl/N-ethyl adjacent to an activating group) is 1. The molecule has 0 unspecified atom stereocenters. The molecule has 0 saturated carbocycles. The number of aromatic nitrogens is 1. The Morgan fingerprint density at radius 3 is 2.83 bits per heavy atom. The van der Waals surface area contributed by atoms with E-state index in [0.717, 1.165) is 12.1 Å². The monoisotopic (exact) mass is 341 g/mol. The van der Waals surface area contributed by atoms with Crippen LogP contribution in [0.3, 0.4) is 0 Å². The molecule has 0 aliphatic heterocycles. The van der Waals surface area contributed by atoms with Crippen LogP contribution in [0.15, 0.2) is 48.0 Å². The minimum absolute atomic E-state index is 0.0429. The number of para-hydroxylation sites is 1. The lowest BCUT2D eigenvalue weighted by molar-refractivity contribution is -0.122. The van der Waals surface area contributed by atoms with Crippen LogP contribution in [0.25, 0.3) is 10.9 Å². The van der Waals surface area contributed by atoms with Crippen molar-refractivity contribution in [2.24, 2.45) is 0 Å². The number of aromatic amines is 1. The Balaban J connectivity index is 1.84. The summed E-state index contributed by atoms with van der Waals surface area (Å²) >= 11 is 1.75. The molecule has 0 saturated heterocycles. The molecular formula is C19H23N3OS. The van der Waals surface area contributed by atoms with E-state index >= 15 is 0 Å². The van der Waals surface area contributed by atoms with Crippen molar-refractivity contribution in [1.82, 2.24) is 15.6 Å². The number of thiophene rings is 1. The first kappa shape index (κ1) is 16.7. The van der Waals surface area contributed by atoms with Crippen LogP contribution in [0.4, 0.5) is 0 Å². The van der Waals surface area contributed by atoms with Crippen LogP contribution in [0, 0.1) is 0 Å². The lowest BCUT2D eigenvalue weighted by Crippen LogP contribution is -2.43. The molecule has 3 rings (SSSR count). The van der Waals surface area contributed by atoms with Crippen LogP contribution in [-0.4, -0.2) is 30.0 Å². The van der Waals surface area contributed by atoms with E-state index in [9.17, 15) is 4.79 Å². The van der Waals surface area contributed by atoms with Crippen molar-refractivity contribution in [2.45, 2.75) is 25.8 Å². The van der Waals surface area contributed by atoms with Crippen LogP contribution >= 0.6 is 11.3 Å². The van der Waals surface area contributed by atoms with Crippen LogP contribution in [0.5, 0.6) is 0 Å². The molecule has 4 nitrogen and oxygen atoms in total. The number of rotatable bonds is 7. The molecule has 24 heavy (non-hydrogen) atoms. The lowest BCUT2D eigenvalue weighted by Gasteiger charge is -2.19. The van der Waals surface area contributed by atoms with Gasteiger partial charge in [-0.1, -0.05) is 24.3 Å². The number of hydrogen-bond acceptors (Lipinski definition) is 3. The van der Waals surface area contributed by atoms with Crippen molar-refractivity contribution in [3.63, 3.8) is 0 Å². The summed E-state index contributed by atoms with van der Waals surface area (Å²) in [5.74, 6) is 0.263. The lowest BCUT2D eigenvalue weighted by atomic mass is 9.96. The molecule has 3 aromatic rings. The first-order valence-electron chi connectivity index (χ1n) is 8.31. The molecule has 0 radical (unpaired) electrons. The molecule has 3 N–H and O–H groups in total. The fourth-order valence-corrected chi connectivity index (χ4v) is 3.80. The van der Waals surface area contributed by atoms with Crippen molar-refractivity contribution in [3.05, 3.63) is 58.4 Å². The van der Waals surface area contributed by atoms with E-state index in [1.165, 1.54) is 15.8 Å². The molecule has 5 heteroatoms. The van der Waals surface area contributed by atoms with Crippen LogP contribution in [0.2, 0.25) is 0 Å². The van der Waals surface area contributed by atoms with Gasteiger partial charge in [-0.3, -0.25) is 4.79 Å². The zero-order valence-corrected chi connectivity index (χ0v) is 14.8. The Labute approximate surface area is 146 Å². The van der Waals surface area contributed by atoms with Gasteiger partial charge in [-0.05, 0) is 36.9 Å². The van der Waals surface area contributed by atoms with Gasteiger partial charge < -0.3 is 15.6 Å². The second-order valence-electron chi connectivity index (χ2n) is 5.88. The Hall–Kier alpha value is -2.11. The van der Waals surface area contributed by atoms with Gasteiger partial charge in [-0.25, -0.2) is 0 Å². The summed E-state index contributed by atoms with van der Waals surface area (Å²) in [5, 5.41) is 9.59. The van der Waals surface area contributed by atoms with Crippen molar-refractivity contribution < 1.29 is 4.79 Å². The summed E-state index contributed by atoms with van der Waals surface area (Å²) in [6, 6.07) is 12.4. The van der Waals surface area contributed by atoms with Gasteiger partial charge in [0.1, 0.15) is 0 Å².